The van der Waals surface area contributed by atoms with Gasteiger partial charge < -0.3 is 5.11 Å². The summed E-state index contributed by atoms with van der Waals surface area (Å²) in [6.07, 6.45) is 2.94. The summed E-state index contributed by atoms with van der Waals surface area (Å²) >= 11 is 0. The lowest BCUT2D eigenvalue weighted by molar-refractivity contribution is -0.404. The van der Waals surface area contributed by atoms with Gasteiger partial charge in [-0.15, -0.1) is 0 Å². The molecule has 1 fully saturated rings. The highest BCUT2D eigenvalue weighted by Gasteiger charge is 2.30. The molecule has 0 amide bonds. The number of nitrogens with zero attached hydrogens (tertiary/aromatic N) is 4. The fraction of sp³-hybridized carbons (Fsp3) is 0.462. The second-order valence-electron chi connectivity index (χ2n) is 5.44. The molecule has 1 unspecified atom stereocenters. The lowest BCUT2D eigenvalue weighted by atomic mass is 10.2. The normalized spacial score (nSPS) is 16.3. The number of hydrogen-bond acceptors (Lipinski definition) is 9. The lowest BCUT2D eigenvalue weighted by Crippen LogP contribution is -2.31. The minimum Gasteiger partial charge on any atom is -0.497 e. The van der Waals surface area contributed by atoms with E-state index in [9.17, 15) is 35.1 Å². The molecule has 1 atom stereocenters. The summed E-state index contributed by atoms with van der Waals surface area (Å²) in [6, 6.07) is 1.12. The Morgan fingerprint density at radius 2 is 1.52 bits per heavy atom. The Balaban J connectivity index is 0.000000293. The number of Topliss-reactive ketones (excluding diaryl/α,β-unsaturated/α-hetero) is 1. The number of aromatic hydroxyl groups is 1. The fourth-order valence-corrected chi connectivity index (χ4v) is 2.32. The van der Waals surface area contributed by atoms with E-state index in [1.165, 1.54) is 0 Å². The summed E-state index contributed by atoms with van der Waals surface area (Å²) in [5.74, 6) is -0.791. The number of rotatable bonds is 4. The molecule has 1 aliphatic carbocycles. The quantitative estimate of drug-likeness (QED) is 0.623. The summed E-state index contributed by atoms with van der Waals surface area (Å²) in [6.45, 7) is 0. The number of ketones is 1. The first-order valence-electron chi connectivity index (χ1n) is 7.05. The number of non-ortho nitro benzene ring substituents is 1. The van der Waals surface area contributed by atoms with Gasteiger partial charge in [-0.3, -0.25) is 40.0 Å². The monoisotopic (exact) mass is 356 g/mol. The third kappa shape index (κ3) is 4.91. The van der Waals surface area contributed by atoms with E-state index < -0.39 is 37.6 Å². The number of hydrogen-bond donors (Lipinski definition) is 1. The van der Waals surface area contributed by atoms with Gasteiger partial charge >= 0.3 is 11.4 Å². The van der Waals surface area contributed by atoms with Gasteiger partial charge in [-0.05, 0) is 26.9 Å². The Kier molecular flexibility index (Phi) is 6.45. The Labute approximate surface area is 141 Å². The SMILES string of the molecule is CN(C)C1CCCC1=O.O=[N+]([O-])c1cc([N+](=O)[O-])c(O)c([N+](=O)[O-])c1. The molecule has 1 aromatic carbocycles. The van der Waals surface area contributed by atoms with E-state index in [1.807, 2.05) is 19.0 Å². The van der Waals surface area contributed by atoms with Crippen molar-refractivity contribution in [3.05, 3.63) is 42.5 Å². The van der Waals surface area contributed by atoms with Gasteiger partial charge in [-0.1, -0.05) is 0 Å². The van der Waals surface area contributed by atoms with Gasteiger partial charge in [0.2, 0.25) is 0 Å². The average molecular weight is 356 g/mol. The zero-order chi connectivity index (χ0) is 19.3. The van der Waals surface area contributed by atoms with Crippen LogP contribution >= 0.6 is 0 Å². The summed E-state index contributed by atoms with van der Waals surface area (Å²) in [7, 11) is 3.93. The fourth-order valence-electron chi connectivity index (χ4n) is 2.32. The first-order chi connectivity index (χ1) is 11.6. The predicted molar refractivity (Wildman–Crippen MR) is 84.4 cm³/mol. The Morgan fingerprint density at radius 3 is 1.76 bits per heavy atom. The van der Waals surface area contributed by atoms with Crippen LogP contribution in [0.15, 0.2) is 12.1 Å². The van der Waals surface area contributed by atoms with Crippen LogP contribution in [0.5, 0.6) is 5.75 Å². The van der Waals surface area contributed by atoms with Gasteiger partial charge in [-0.2, -0.15) is 0 Å². The summed E-state index contributed by atoms with van der Waals surface area (Å²) in [4.78, 5) is 40.8. The first-order valence-corrected chi connectivity index (χ1v) is 7.05. The molecular weight excluding hydrogens is 340 g/mol. The molecule has 2 rings (SSSR count). The van der Waals surface area contributed by atoms with E-state index in [1.54, 1.807) is 0 Å². The number of phenolic OH excluding ortho intramolecular Hbond substituents is 1. The Bertz CT molecular complexity index is 683. The summed E-state index contributed by atoms with van der Waals surface area (Å²) in [5, 5.41) is 40.2. The standard InChI is InChI=1S/C7H13NO.C6H3N3O7/c1-8(2)6-4-3-5-7(6)9;10-6-4(8(13)14)1-3(7(11)12)2-5(6)9(15)16/h6H,3-5H2,1-2H3;1-2,10H. The third-order valence-corrected chi connectivity index (χ3v) is 3.55. The molecule has 0 spiro atoms. The van der Waals surface area contributed by atoms with Gasteiger partial charge in [0, 0.05) is 6.42 Å². The van der Waals surface area contributed by atoms with E-state index in [2.05, 4.69) is 0 Å². The molecule has 1 aliphatic rings. The van der Waals surface area contributed by atoms with Crippen LogP contribution in [-0.2, 0) is 4.79 Å². The number of benzene rings is 1. The van der Waals surface area contributed by atoms with Crippen molar-refractivity contribution in [2.45, 2.75) is 25.3 Å². The second kappa shape index (κ2) is 8.10. The van der Waals surface area contributed by atoms with Crippen LogP contribution in [0, 0.1) is 30.3 Å². The summed E-state index contributed by atoms with van der Waals surface area (Å²) < 4.78 is 0. The van der Waals surface area contributed by atoms with Crippen LogP contribution in [0.4, 0.5) is 17.1 Å². The van der Waals surface area contributed by atoms with E-state index in [0.29, 0.717) is 17.9 Å². The van der Waals surface area contributed by atoms with Crippen LogP contribution in [0.1, 0.15) is 19.3 Å². The van der Waals surface area contributed by atoms with Crippen LogP contribution in [-0.4, -0.2) is 50.7 Å². The molecule has 0 saturated heterocycles. The van der Waals surface area contributed by atoms with Crippen molar-refractivity contribution < 1.29 is 24.7 Å². The minimum absolute atomic E-state index is 0.227. The zero-order valence-electron chi connectivity index (χ0n) is 13.4. The molecule has 1 N–H and O–H groups in total. The average Bonchev–Trinajstić information content (AvgIpc) is 2.93. The molecule has 1 saturated carbocycles. The highest BCUT2D eigenvalue weighted by molar-refractivity contribution is 5.85. The van der Waals surface area contributed by atoms with Gasteiger partial charge in [0.05, 0.1) is 32.9 Å². The molecule has 0 heterocycles. The van der Waals surface area contributed by atoms with Gasteiger partial charge in [0.1, 0.15) is 5.78 Å². The van der Waals surface area contributed by atoms with Crippen molar-refractivity contribution >= 4 is 22.8 Å². The number of nitro groups is 3. The molecular formula is C13H16N4O8. The van der Waals surface area contributed by atoms with Crippen LogP contribution in [0.3, 0.4) is 0 Å². The maximum Gasteiger partial charge on any atom is 0.324 e. The maximum atomic E-state index is 11.0. The van der Waals surface area contributed by atoms with Gasteiger partial charge in [0.25, 0.3) is 11.4 Å². The van der Waals surface area contributed by atoms with Crippen LogP contribution in [0.2, 0.25) is 0 Å². The van der Waals surface area contributed by atoms with E-state index in [4.69, 9.17) is 5.11 Å². The van der Waals surface area contributed by atoms with E-state index in [-0.39, 0.29) is 6.04 Å². The highest BCUT2D eigenvalue weighted by atomic mass is 16.6. The Hall–Kier alpha value is -3.15. The van der Waals surface area contributed by atoms with Crippen molar-refractivity contribution in [1.29, 1.82) is 0 Å². The molecule has 0 radical (unpaired) electrons. The lowest BCUT2D eigenvalue weighted by Gasteiger charge is -2.15. The van der Waals surface area contributed by atoms with Crippen molar-refractivity contribution in [2.75, 3.05) is 14.1 Å². The predicted octanol–water partition coefficient (Wildman–Crippen LogP) is 1.79. The Morgan fingerprint density at radius 1 is 1.04 bits per heavy atom. The van der Waals surface area contributed by atoms with Crippen molar-refractivity contribution in [2.24, 2.45) is 0 Å². The number of likely N-dealkylation sites (N-methyl/N-ethyl adjacent to an activating group) is 1. The topological polar surface area (TPSA) is 170 Å². The highest BCUT2D eigenvalue weighted by Crippen LogP contribution is 2.38. The minimum atomic E-state index is -1.21. The largest absolute Gasteiger partial charge is 0.497 e. The number of carbonyl (C=O) groups excluding carboxylic acids is 1. The second-order valence-corrected chi connectivity index (χ2v) is 5.44. The first kappa shape index (κ1) is 19.9. The maximum absolute atomic E-state index is 11.0. The van der Waals surface area contributed by atoms with Crippen molar-refractivity contribution in [3.8, 4) is 5.75 Å². The van der Waals surface area contributed by atoms with E-state index in [0.717, 1.165) is 19.3 Å². The number of carbonyl (C=O) groups is 1. The van der Waals surface area contributed by atoms with Crippen molar-refractivity contribution in [1.82, 2.24) is 4.90 Å². The molecule has 0 aromatic heterocycles. The molecule has 0 aliphatic heterocycles. The van der Waals surface area contributed by atoms with Crippen LogP contribution < -0.4 is 0 Å². The molecule has 12 heteroatoms. The molecule has 0 bridgehead atoms. The van der Waals surface area contributed by atoms with Crippen molar-refractivity contribution in [3.63, 3.8) is 0 Å². The van der Waals surface area contributed by atoms with Gasteiger partial charge in [0.15, 0.2) is 0 Å². The number of phenols is 1. The van der Waals surface area contributed by atoms with E-state index >= 15 is 0 Å². The third-order valence-electron chi connectivity index (χ3n) is 3.55. The van der Waals surface area contributed by atoms with Gasteiger partial charge in [-0.25, -0.2) is 0 Å². The smallest absolute Gasteiger partial charge is 0.324 e. The molecule has 136 valence electrons. The molecule has 25 heavy (non-hydrogen) atoms. The van der Waals surface area contributed by atoms with Crippen LogP contribution in [0.25, 0.3) is 0 Å². The summed E-state index contributed by atoms with van der Waals surface area (Å²) in [5.41, 5.74) is -3.00. The number of nitro benzene ring substituents is 3. The molecule has 12 nitrogen and oxygen atoms in total. The zero-order valence-corrected chi connectivity index (χ0v) is 13.4. The molecule has 1 aromatic rings.